The third-order valence-corrected chi connectivity index (χ3v) is 3.67. The van der Waals surface area contributed by atoms with Crippen LogP contribution in [0.25, 0.3) is 0 Å². The molecule has 0 radical (unpaired) electrons. The number of nitrogens with zero attached hydrogens (tertiary/aromatic N) is 2. The molecule has 0 unspecified atom stereocenters. The van der Waals surface area contributed by atoms with Crippen molar-refractivity contribution in [3.05, 3.63) is 40.6 Å². The summed E-state index contributed by atoms with van der Waals surface area (Å²) in [7, 11) is 1.80. The van der Waals surface area contributed by atoms with E-state index in [1.54, 1.807) is 7.05 Å². The summed E-state index contributed by atoms with van der Waals surface area (Å²) in [5.74, 6) is 1.98. The van der Waals surface area contributed by atoms with Crippen LogP contribution in [0.15, 0.2) is 35.1 Å². The Morgan fingerprint density at radius 1 is 1.20 bits per heavy atom. The van der Waals surface area contributed by atoms with Crippen molar-refractivity contribution in [3.8, 4) is 11.6 Å². The Labute approximate surface area is 127 Å². The van der Waals surface area contributed by atoms with Gasteiger partial charge in [-0.1, -0.05) is 25.5 Å². The molecule has 0 spiro atoms. The molecule has 106 valence electrons. The zero-order valence-corrected chi connectivity index (χ0v) is 13.3. The van der Waals surface area contributed by atoms with Gasteiger partial charge in [-0.3, -0.25) is 0 Å². The molecule has 5 heteroatoms. The third kappa shape index (κ3) is 3.70. The molecule has 0 amide bonds. The molecule has 20 heavy (non-hydrogen) atoms. The van der Waals surface area contributed by atoms with Crippen LogP contribution in [0.1, 0.15) is 25.3 Å². The lowest BCUT2D eigenvalue weighted by Gasteiger charge is -2.09. The first-order valence-corrected chi connectivity index (χ1v) is 7.49. The second-order valence-electron chi connectivity index (χ2n) is 4.44. The van der Waals surface area contributed by atoms with E-state index >= 15 is 0 Å². The van der Waals surface area contributed by atoms with Crippen molar-refractivity contribution in [2.75, 3.05) is 12.4 Å². The summed E-state index contributed by atoms with van der Waals surface area (Å²) in [6, 6.07) is 8.13. The highest BCUT2D eigenvalue weighted by Crippen LogP contribution is 2.31. The maximum Gasteiger partial charge on any atom is 0.238 e. The van der Waals surface area contributed by atoms with Gasteiger partial charge in [0.2, 0.25) is 5.88 Å². The molecular formula is C15H18BrN3O. The van der Waals surface area contributed by atoms with Crippen molar-refractivity contribution < 1.29 is 4.74 Å². The summed E-state index contributed by atoms with van der Waals surface area (Å²) in [6.45, 7) is 2.20. The fourth-order valence-corrected chi connectivity index (χ4v) is 2.30. The van der Waals surface area contributed by atoms with Gasteiger partial charge in [0.1, 0.15) is 22.4 Å². The summed E-state index contributed by atoms with van der Waals surface area (Å²) < 4.78 is 6.49. The molecule has 1 aromatic carbocycles. The first-order chi connectivity index (χ1) is 9.74. The standard InChI is InChI=1S/C15H18BrN3O/c1-3-4-5-11-6-8-12(9-7-11)20-15-13(16)14(17-2)18-10-19-15/h6-10H,3-5H2,1-2H3,(H,17,18,19). The maximum absolute atomic E-state index is 5.77. The van der Waals surface area contributed by atoms with Gasteiger partial charge in [-0.2, -0.15) is 0 Å². The number of hydrogen-bond donors (Lipinski definition) is 1. The largest absolute Gasteiger partial charge is 0.438 e. The first-order valence-electron chi connectivity index (χ1n) is 6.69. The second kappa shape index (κ2) is 7.24. The van der Waals surface area contributed by atoms with Crippen molar-refractivity contribution in [3.63, 3.8) is 0 Å². The van der Waals surface area contributed by atoms with Gasteiger partial charge in [-0.15, -0.1) is 0 Å². The molecule has 1 heterocycles. The molecule has 0 saturated carbocycles. The molecule has 0 aliphatic heterocycles. The van der Waals surface area contributed by atoms with E-state index in [0.29, 0.717) is 11.7 Å². The van der Waals surface area contributed by atoms with Crippen LogP contribution in [0.3, 0.4) is 0 Å². The van der Waals surface area contributed by atoms with E-state index in [-0.39, 0.29) is 0 Å². The van der Waals surface area contributed by atoms with Crippen LogP contribution in [-0.4, -0.2) is 17.0 Å². The zero-order valence-electron chi connectivity index (χ0n) is 11.7. The molecule has 1 aromatic heterocycles. The number of benzene rings is 1. The van der Waals surface area contributed by atoms with Gasteiger partial charge < -0.3 is 10.1 Å². The van der Waals surface area contributed by atoms with E-state index in [2.05, 4.69) is 50.3 Å². The van der Waals surface area contributed by atoms with E-state index < -0.39 is 0 Å². The minimum atomic E-state index is 0.505. The summed E-state index contributed by atoms with van der Waals surface area (Å²) in [5.41, 5.74) is 1.33. The van der Waals surface area contributed by atoms with Gasteiger partial charge in [0, 0.05) is 7.05 Å². The van der Waals surface area contributed by atoms with E-state index in [0.717, 1.165) is 16.6 Å². The van der Waals surface area contributed by atoms with E-state index in [9.17, 15) is 0 Å². The molecule has 1 N–H and O–H groups in total. The molecule has 0 atom stereocenters. The predicted octanol–water partition coefficient (Wildman–Crippen LogP) is 4.42. The second-order valence-corrected chi connectivity index (χ2v) is 5.23. The highest BCUT2D eigenvalue weighted by molar-refractivity contribution is 9.10. The number of unbranched alkanes of at least 4 members (excludes halogenated alkanes) is 1. The van der Waals surface area contributed by atoms with Crippen molar-refractivity contribution in [2.24, 2.45) is 0 Å². The van der Waals surface area contributed by atoms with E-state index in [1.165, 1.54) is 24.7 Å². The molecule has 0 bridgehead atoms. The number of hydrogen-bond acceptors (Lipinski definition) is 4. The fourth-order valence-electron chi connectivity index (χ4n) is 1.82. The normalized spacial score (nSPS) is 10.3. The Hall–Kier alpha value is -1.62. The van der Waals surface area contributed by atoms with Crippen LogP contribution >= 0.6 is 15.9 Å². The van der Waals surface area contributed by atoms with Crippen molar-refractivity contribution in [1.82, 2.24) is 9.97 Å². The Morgan fingerprint density at radius 3 is 2.60 bits per heavy atom. The van der Waals surface area contributed by atoms with Gasteiger partial charge in [0.25, 0.3) is 0 Å². The lowest BCUT2D eigenvalue weighted by molar-refractivity contribution is 0.458. The van der Waals surface area contributed by atoms with Gasteiger partial charge in [-0.25, -0.2) is 9.97 Å². The summed E-state index contributed by atoms with van der Waals surface area (Å²) in [4.78, 5) is 8.23. The van der Waals surface area contributed by atoms with Crippen molar-refractivity contribution in [2.45, 2.75) is 26.2 Å². The lowest BCUT2D eigenvalue weighted by Crippen LogP contribution is -1.97. The molecule has 2 rings (SSSR count). The van der Waals surface area contributed by atoms with Gasteiger partial charge in [0.15, 0.2) is 0 Å². The average molecular weight is 336 g/mol. The topological polar surface area (TPSA) is 47.0 Å². The fraction of sp³-hybridized carbons (Fsp3) is 0.333. The Bertz CT molecular complexity index is 558. The van der Waals surface area contributed by atoms with Crippen LogP contribution < -0.4 is 10.1 Å². The Morgan fingerprint density at radius 2 is 1.95 bits per heavy atom. The summed E-state index contributed by atoms with van der Waals surface area (Å²) >= 11 is 3.44. The molecule has 4 nitrogen and oxygen atoms in total. The minimum absolute atomic E-state index is 0.505. The van der Waals surface area contributed by atoms with E-state index in [1.807, 2.05) is 12.1 Å². The van der Waals surface area contributed by atoms with Crippen LogP contribution in [0, 0.1) is 0 Å². The molecular weight excluding hydrogens is 318 g/mol. The highest BCUT2D eigenvalue weighted by Gasteiger charge is 2.09. The maximum atomic E-state index is 5.77. The number of rotatable bonds is 6. The van der Waals surface area contributed by atoms with Crippen molar-refractivity contribution in [1.29, 1.82) is 0 Å². The molecule has 0 fully saturated rings. The van der Waals surface area contributed by atoms with Gasteiger partial charge in [0.05, 0.1) is 0 Å². The number of anilines is 1. The first kappa shape index (κ1) is 14.8. The number of aryl methyl sites for hydroxylation is 1. The number of aromatic nitrogens is 2. The Kier molecular flexibility index (Phi) is 5.35. The molecule has 0 saturated heterocycles. The number of ether oxygens (including phenoxy) is 1. The Balaban J connectivity index is 2.10. The van der Waals surface area contributed by atoms with Crippen LogP contribution in [0.4, 0.5) is 5.82 Å². The molecule has 0 aliphatic carbocycles. The summed E-state index contributed by atoms with van der Waals surface area (Å²) in [6.07, 6.45) is 5.00. The van der Waals surface area contributed by atoms with E-state index in [4.69, 9.17) is 4.74 Å². The van der Waals surface area contributed by atoms with Crippen LogP contribution in [-0.2, 0) is 6.42 Å². The number of nitrogens with one attached hydrogen (secondary N) is 1. The SMILES string of the molecule is CCCCc1ccc(Oc2ncnc(NC)c2Br)cc1. The monoisotopic (exact) mass is 335 g/mol. The van der Waals surface area contributed by atoms with Gasteiger partial charge in [-0.05, 0) is 46.5 Å². The average Bonchev–Trinajstić information content (AvgIpc) is 2.48. The molecule has 2 aromatic rings. The highest BCUT2D eigenvalue weighted by atomic mass is 79.9. The quantitative estimate of drug-likeness (QED) is 0.848. The van der Waals surface area contributed by atoms with Gasteiger partial charge >= 0.3 is 0 Å². The predicted molar refractivity (Wildman–Crippen MR) is 84.4 cm³/mol. The van der Waals surface area contributed by atoms with Crippen LogP contribution in [0.5, 0.6) is 11.6 Å². The molecule has 0 aliphatic rings. The minimum Gasteiger partial charge on any atom is -0.438 e. The zero-order chi connectivity index (χ0) is 14.4. The number of halogens is 1. The third-order valence-electron chi connectivity index (χ3n) is 2.95. The van der Waals surface area contributed by atoms with Crippen molar-refractivity contribution >= 4 is 21.7 Å². The smallest absolute Gasteiger partial charge is 0.238 e. The van der Waals surface area contributed by atoms with Crippen LogP contribution in [0.2, 0.25) is 0 Å². The lowest BCUT2D eigenvalue weighted by atomic mass is 10.1. The summed E-state index contributed by atoms with van der Waals surface area (Å²) in [5, 5.41) is 2.98.